The lowest BCUT2D eigenvalue weighted by Gasteiger charge is -2.07. The quantitative estimate of drug-likeness (QED) is 0.749. The first kappa shape index (κ1) is 16.6. The van der Waals surface area contributed by atoms with Crippen molar-refractivity contribution in [2.45, 2.75) is 13.5 Å². The highest BCUT2D eigenvalue weighted by molar-refractivity contribution is 8.04. The van der Waals surface area contributed by atoms with Gasteiger partial charge in [-0.2, -0.15) is 8.42 Å². The summed E-state index contributed by atoms with van der Waals surface area (Å²) in [6.07, 6.45) is 0. The Labute approximate surface area is 121 Å². The zero-order valence-corrected chi connectivity index (χ0v) is 12.0. The standard InChI is InChI=1S/C12H14N2O6S/c1-9(15)13-7-11(16)14-21(18,19)12(17)20-8-10-5-3-2-4-6-10/h2-6H,7-8H2,1H3,(H,13,15)(H,14,16). The summed E-state index contributed by atoms with van der Waals surface area (Å²) in [6, 6.07) is 8.45. The Morgan fingerprint density at radius 2 is 1.76 bits per heavy atom. The molecule has 0 aromatic heterocycles. The molecule has 8 nitrogen and oxygen atoms in total. The molecule has 0 aliphatic rings. The molecule has 9 heteroatoms. The van der Waals surface area contributed by atoms with Gasteiger partial charge in [0.15, 0.2) is 0 Å². The molecule has 0 atom stereocenters. The van der Waals surface area contributed by atoms with E-state index in [9.17, 15) is 22.8 Å². The molecule has 0 aliphatic carbocycles. The van der Waals surface area contributed by atoms with Gasteiger partial charge in [-0.3, -0.25) is 9.59 Å². The average molecular weight is 314 g/mol. The smallest absolute Gasteiger partial charge is 0.445 e. The second-order valence-electron chi connectivity index (χ2n) is 3.96. The van der Waals surface area contributed by atoms with Crippen LogP contribution in [0.3, 0.4) is 0 Å². The van der Waals surface area contributed by atoms with Gasteiger partial charge >= 0.3 is 15.3 Å². The van der Waals surface area contributed by atoms with Crippen molar-refractivity contribution >= 4 is 27.1 Å². The van der Waals surface area contributed by atoms with E-state index in [-0.39, 0.29) is 6.61 Å². The van der Waals surface area contributed by atoms with Crippen molar-refractivity contribution in [3.05, 3.63) is 35.9 Å². The second-order valence-corrected chi connectivity index (χ2v) is 5.51. The van der Waals surface area contributed by atoms with E-state index in [0.717, 1.165) is 6.92 Å². The van der Waals surface area contributed by atoms with E-state index in [2.05, 4.69) is 10.1 Å². The van der Waals surface area contributed by atoms with Crippen molar-refractivity contribution in [3.8, 4) is 0 Å². The minimum absolute atomic E-state index is 0.236. The number of rotatable bonds is 4. The average Bonchev–Trinajstić information content (AvgIpc) is 2.43. The fourth-order valence-corrected chi connectivity index (χ4v) is 1.90. The van der Waals surface area contributed by atoms with Crippen LogP contribution in [0.2, 0.25) is 0 Å². The first-order valence-electron chi connectivity index (χ1n) is 5.82. The molecule has 1 rings (SSSR count). The van der Waals surface area contributed by atoms with Crippen molar-refractivity contribution in [3.63, 3.8) is 0 Å². The summed E-state index contributed by atoms with van der Waals surface area (Å²) in [5.41, 5.74) is 0.602. The lowest BCUT2D eigenvalue weighted by molar-refractivity contribution is -0.124. The van der Waals surface area contributed by atoms with Crippen molar-refractivity contribution in [2.24, 2.45) is 0 Å². The summed E-state index contributed by atoms with van der Waals surface area (Å²) in [7, 11) is -4.59. The Morgan fingerprint density at radius 3 is 2.33 bits per heavy atom. The number of ether oxygens (including phenoxy) is 1. The van der Waals surface area contributed by atoms with Crippen LogP contribution < -0.4 is 10.0 Å². The van der Waals surface area contributed by atoms with E-state index < -0.39 is 33.7 Å². The van der Waals surface area contributed by atoms with E-state index in [1.807, 2.05) is 0 Å². The van der Waals surface area contributed by atoms with Gasteiger partial charge in [-0.15, -0.1) is 0 Å². The fraction of sp³-hybridized carbons (Fsp3) is 0.250. The van der Waals surface area contributed by atoms with Gasteiger partial charge in [0.25, 0.3) is 5.91 Å². The first-order chi connectivity index (χ1) is 9.81. The highest BCUT2D eigenvalue weighted by Gasteiger charge is 2.26. The Bertz CT molecular complexity index is 626. The van der Waals surface area contributed by atoms with Crippen molar-refractivity contribution < 1.29 is 27.5 Å². The van der Waals surface area contributed by atoms with Gasteiger partial charge in [-0.25, -0.2) is 9.52 Å². The lowest BCUT2D eigenvalue weighted by atomic mass is 10.2. The van der Waals surface area contributed by atoms with Gasteiger partial charge in [0, 0.05) is 6.92 Å². The monoisotopic (exact) mass is 314 g/mol. The zero-order chi connectivity index (χ0) is 15.9. The molecule has 0 radical (unpaired) electrons. The molecular formula is C12H14N2O6S. The lowest BCUT2D eigenvalue weighted by Crippen LogP contribution is -2.41. The molecular weight excluding hydrogens is 300 g/mol. The number of hydrogen-bond donors (Lipinski definition) is 2. The maximum absolute atomic E-state index is 11.5. The summed E-state index contributed by atoms with van der Waals surface area (Å²) in [6.45, 7) is 0.372. The molecule has 1 aromatic carbocycles. The molecule has 0 bridgehead atoms. The number of benzene rings is 1. The Balaban J connectivity index is 2.51. The summed E-state index contributed by atoms with van der Waals surface area (Å²) in [5, 5.41) is 0.530. The Kier molecular flexibility index (Phi) is 5.85. The van der Waals surface area contributed by atoms with Crippen LogP contribution in [0.25, 0.3) is 0 Å². The molecule has 0 saturated carbocycles. The van der Waals surface area contributed by atoms with Gasteiger partial charge in [0.05, 0.1) is 6.54 Å². The molecule has 0 fully saturated rings. The van der Waals surface area contributed by atoms with Crippen LogP contribution in [-0.2, 0) is 31.0 Å². The highest BCUT2D eigenvalue weighted by atomic mass is 32.2. The fourth-order valence-electron chi connectivity index (χ4n) is 1.23. The third-order valence-electron chi connectivity index (χ3n) is 2.17. The van der Waals surface area contributed by atoms with Crippen LogP contribution in [0.15, 0.2) is 30.3 Å². The molecule has 0 saturated heterocycles. The van der Waals surface area contributed by atoms with Crippen LogP contribution in [0.4, 0.5) is 4.79 Å². The van der Waals surface area contributed by atoms with Crippen LogP contribution in [0.1, 0.15) is 12.5 Å². The third-order valence-corrected chi connectivity index (χ3v) is 3.22. The van der Waals surface area contributed by atoms with Gasteiger partial charge in [-0.05, 0) is 5.56 Å². The van der Waals surface area contributed by atoms with Gasteiger partial charge in [-0.1, -0.05) is 30.3 Å². The molecule has 2 N–H and O–H groups in total. The molecule has 114 valence electrons. The van der Waals surface area contributed by atoms with E-state index in [0.29, 0.717) is 5.56 Å². The highest BCUT2D eigenvalue weighted by Crippen LogP contribution is 2.03. The SMILES string of the molecule is CC(=O)NCC(=O)NS(=O)(=O)C(=O)OCc1ccccc1. The number of nitrogens with one attached hydrogen (secondary N) is 2. The second kappa shape index (κ2) is 7.39. The largest absolute Gasteiger partial charge is 0.448 e. The summed E-state index contributed by atoms with van der Waals surface area (Å²) in [5.74, 6) is -1.55. The molecule has 1 aromatic rings. The number of hydrogen-bond acceptors (Lipinski definition) is 6. The molecule has 2 amide bonds. The van der Waals surface area contributed by atoms with Crippen LogP contribution in [-0.4, -0.2) is 32.1 Å². The third kappa shape index (κ3) is 6.04. The maximum atomic E-state index is 11.5. The summed E-state index contributed by atoms with van der Waals surface area (Å²) < 4.78 is 29.1. The number of amides is 2. The number of carbonyl (C=O) groups excluding carboxylic acids is 3. The van der Waals surface area contributed by atoms with Gasteiger partial charge < -0.3 is 10.1 Å². The van der Waals surface area contributed by atoms with Crippen molar-refractivity contribution in [1.82, 2.24) is 10.0 Å². The van der Waals surface area contributed by atoms with E-state index in [1.165, 1.54) is 4.72 Å². The van der Waals surface area contributed by atoms with E-state index >= 15 is 0 Å². The maximum Gasteiger partial charge on any atom is 0.445 e. The van der Waals surface area contributed by atoms with Crippen molar-refractivity contribution in [1.29, 1.82) is 0 Å². The molecule has 21 heavy (non-hydrogen) atoms. The molecule has 0 unspecified atom stereocenters. The zero-order valence-electron chi connectivity index (χ0n) is 11.2. The van der Waals surface area contributed by atoms with Crippen LogP contribution in [0.5, 0.6) is 0 Å². The van der Waals surface area contributed by atoms with E-state index in [4.69, 9.17) is 0 Å². The van der Waals surface area contributed by atoms with Gasteiger partial charge in [0.1, 0.15) is 6.61 Å². The minimum atomic E-state index is -4.59. The van der Waals surface area contributed by atoms with Gasteiger partial charge in [0.2, 0.25) is 5.91 Å². The predicted molar refractivity (Wildman–Crippen MR) is 72.4 cm³/mol. The predicted octanol–water partition coefficient (Wildman–Crippen LogP) is -0.0947. The topological polar surface area (TPSA) is 119 Å². The van der Waals surface area contributed by atoms with Crippen LogP contribution >= 0.6 is 0 Å². The summed E-state index contributed by atoms with van der Waals surface area (Å²) >= 11 is 0. The number of sulfonamides is 1. The Morgan fingerprint density at radius 1 is 1.14 bits per heavy atom. The van der Waals surface area contributed by atoms with E-state index in [1.54, 1.807) is 30.3 Å². The Hall–Kier alpha value is -2.42. The van der Waals surface area contributed by atoms with Crippen molar-refractivity contribution in [2.75, 3.05) is 6.54 Å². The summed E-state index contributed by atoms with van der Waals surface area (Å²) in [4.78, 5) is 33.2. The molecule has 0 aliphatic heterocycles. The van der Waals surface area contributed by atoms with Crippen LogP contribution in [0, 0.1) is 0 Å². The normalized spacial score (nSPS) is 10.5. The minimum Gasteiger partial charge on any atom is -0.448 e. The number of carbonyl (C=O) groups is 3. The first-order valence-corrected chi connectivity index (χ1v) is 7.30. The molecule has 0 spiro atoms. The molecule has 0 heterocycles.